The second-order valence-corrected chi connectivity index (χ2v) is 23.8. The van der Waals surface area contributed by atoms with Gasteiger partial charge in [-0.2, -0.15) is 23.8 Å². The van der Waals surface area contributed by atoms with E-state index in [4.69, 9.17) is 10.3 Å². The first-order chi connectivity index (χ1) is 27.6. The largest absolute Gasteiger partial charge is 3.00 e. The predicted molar refractivity (Wildman–Crippen MR) is 249 cm³/mol. The van der Waals surface area contributed by atoms with Gasteiger partial charge in [-0.3, -0.25) is 0 Å². The van der Waals surface area contributed by atoms with Gasteiger partial charge in [-0.1, -0.05) is 150 Å². The fourth-order valence-corrected chi connectivity index (χ4v) is 11.6. The van der Waals surface area contributed by atoms with Gasteiger partial charge in [0, 0.05) is 22.3 Å². The van der Waals surface area contributed by atoms with Crippen molar-refractivity contribution >= 4 is 61.8 Å². The summed E-state index contributed by atoms with van der Waals surface area (Å²) in [6.45, 7) is 16.4. The zero-order valence-electron chi connectivity index (χ0n) is 35.1. The number of benzene rings is 5. The maximum Gasteiger partial charge on any atom is 3.00 e. The molecular formula is C52H56IrN3SSi. The Morgan fingerprint density at radius 1 is 0.776 bits per heavy atom. The van der Waals surface area contributed by atoms with Crippen LogP contribution in [0, 0.1) is 18.1 Å². The molecule has 1 aliphatic heterocycles. The third kappa shape index (κ3) is 8.77. The Balaban J connectivity index is 0.000000187. The van der Waals surface area contributed by atoms with Crippen molar-refractivity contribution in [3.05, 3.63) is 155 Å². The summed E-state index contributed by atoms with van der Waals surface area (Å²) in [6, 6.07) is 45.9. The molecule has 5 aromatic carbocycles. The molecule has 0 spiro atoms. The summed E-state index contributed by atoms with van der Waals surface area (Å²) < 4.78 is 2.59. The van der Waals surface area contributed by atoms with Crippen LogP contribution in [0.3, 0.4) is 0 Å². The quantitative estimate of drug-likeness (QED) is 0.112. The molecule has 3 nitrogen and oxygen atoms in total. The van der Waals surface area contributed by atoms with Crippen LogP contribution in [0.5, 0.6) is 0 Å². The van der Waals surface area contributed by atoms with E-state index >= 15 is 0 Å². The minimum absolute atomic E-state index is 0. The number of hydrogen-bond acceptors (Lipinski definition) is 3. The smallest absolute Gasteiger partial charge is 0.661 e. The van der Waals surface area contributed by atoms with Gasteiger partial charge in [0.25, 0.3) is 0 Å². The first-order valence-electron chi connectivity index (χ1n) is 21.1. The molecule has 1 unspecified atom stereocenters. The monoisotopic (exact) mass is 975 g/mol. The number of para-hydroxylation sites is 3. The molecule has 7 aromatic rings. The molecule has 0 amide bonds. The van der Waals surface area contributed by atoms with Crippen LogP contribution in [0.15, 0.2) is 115 Å². The van der Waals surface area contributed by atoms with Crippen molar-refractivity contribution in [2.45, 2.75) is 104 Å². The van der Waals surface area contributed by atoms with Gasteiger partial charge in [0.2, 0.25) is 0 Å². The zero-order valence-corrected chi connectivity index (χ0v) is 39.3. The molecule has 1 fully saturated rings. The van der Waals surface area contributed by atoms with E-state index in [-0.39, 0.29) is 26.3 Å². The van der Waals surface area contributed by atoms with Gasteiger partial charge in [-0.25, -0.2) is 11.3 Å². The number of hydrogen-bond donors (Lipinski definition) is 0. The van der Waals surface area contributed by atoms with Gasteiger partial charge in [0.1, 0.15) is 0 Å². The van der Waals surface area contributed by atoms with Gasteiger partial charge < -0.3 is 15.2 Å². The molecular weight excluding hydrogens is 919 g/mol. The van der Waals surface area contributed by atoms with Crippen LogP contribution in [0.2, 0.25) is 19.6 Å². The molecule has 298 valence electrons. The van der Waals surface area contributed by atoms with E-state index in [1.165, 1.54) is 81.2 Å². The molecule has 0 N–H and O–H groups in total. The van der Waals surface area contributed by atoms with Crippen molar-refractivity contribution in [2.75, 3.05) is 4.90 Å². The van der Waals surface area contributed by atoms with Gasteiger partial charge in [-0.15, -0.1) is 47.0 Å². The number of thiophene rings is 1. The molecule has 3 heterocycles. The normalized spacial score (nSPS) is 15.6. The number of fused-ring (bicyclic) bond motifs is 4. The molecule has 0 saturated heterocycles. The van der Waals surface area contributed by atoms with Crippen molar-refractivity contribution in [3.8, 4) is 11.3 Å². The van der Waals surface area contributed by atoms with Crippen molar-refractivity contribution in [1.82, 2.24) is 4.98 Å². The summed E-state index contributed by atoms with van der Waals surface area (Å²) in [6.07, 6.45) is 10.3. The molecule has 9 rings (SSSR count). The first kappa shape index (κ1) is 42.1. The van der Waals surface area contributed by atoms with Crippen LogP contribution < -0.4 is 10.1 Å². The zero-order chi connectivity index (χ0) is 39.7. The van der Waals surface area contributed by atoms with Crippen LogP contribution in [0.1, 0.15) is 100 Å². The minimum atomic E-state index is -1.36. The maximum absolute atomic E-state index is 5.25. The van der Waals surface area contributed by atoms with Crippen LogP contribution in [-0.4, -0.2) is 13.1 Å². The third-order valence-corrected chi connectivity index (χ3v) is 15.1. The standard InChI is InChI=1S/C31H28N2S.C21H28NSi.Ir/c1-19(2)22-11-9-12-23(20(3)4)30(22)33-27-14-7-6-13-26(27)32-31(33)21-16-17-29-25(18-21)24-10-5-8-15-28(24)34-29;1-23(2,3)21-16-22-20(18-12-8-5-9-13-18)15-19(21)14-17-10-6-4-7-11-17;/h5-15,17-20,31H,1-4H3;5,8-9,12,15-17H,4,6-7,10-11,14H2,1-3H3;/q-2;-1;+3. The number of anilines is 2. The Morgan fingerprint density at radius 3 is 2.19 bits per heavy atom. The van der Waals surface area contributed by atoms with E-state index in [1.807, 2.05) is 23.5 Å². The summed E-state index contributed by atoms with van der Waals surface area (Å²) in [5.41, 5.74) is 11.1. The van der Waals surface area contributed by atoms with Gasteiger partial charge in [0.05, 0.1) is 8.07 Å². The molecule has 6 heteroatoms. The molecule has 1 atom stereocenters. The Kier molecular flexibility index (Phi) is 13.1. The van der Waals surface area contributed by atoms with E-state index in [9.17, 15) is 0 Å². The fourth-order valence-electron chi connectivity index (χ4n) is 8.92. The predicted octanol–water partition coefficient (Wildman–Crippen LogP) is 15.2. The van der Waals surface area contributed by atoms with E-state index < -0.39 is 8.07 Å². The van der Waals surface area contributed by atoms with Crippen molar-refractivity contribution in [3.63, 3.8) is 0 Å². The Labute approximate surface area is 365 Å². The van der Waals surface area contributed by atoms with Crippen LogP contribution >= 0.6 is 11.3 Å². The molecule has 0 bridgehead atoms. The first-order valence-corrected chi connectivity index (χ1v) is 25.4. The van der Waals surface area contributed by atoms with Gasteiger partial charge >= 0.3 is 20.1 Å². The Morgan fingerprint density at radius 2 is 1.48 bits per heavy atom. The minimum Gasteiger partial charge on any atom is -0.661 e. The Bertz CT molecular complexity index is 2450. The number of pyridine rings is 1. The number of rotatable bonds is 8. The van der Waals surface area contributed by atoms with Crippen LogP contribution in [0.25, 0.3) is 36.7 Å². The third-order valence-electron chi connectivity index (χ3n) is 11.9. The molecule has 2 aliphatic rings. The second-order valence-electron chi connectivity index (χ2n) is 17.7. The van der Waals surface area contributed by atoms with Crippen LogP contribution in [-0.2, 0) is 26.5 Å². The van der Waals surface area contributed by atoms with E-state index in [0.29, 0.717) is 11.8 Å². The molecule has 0 radical (unpaired) electrons. The fraction of sp³-hybridized carbons (Fsp3) is 0.327. The number of aromatic nitrogens is 1. The molecule has 58 heavy (non-hydrogen) atoms. The molecule has 1 aliphatic carbocycles. The summed E-state index contributed by atoms with van der Waals surface area (Å²) in [4.78, 5) is 7.24. The molecule has 1 saturated carbocycles. The average Bonchev–Trinajstić information content (AvgIpc) is 3.79. The van der Waals surface area contributed by atoms with Crippen molar-refractivity contribution < 1.29 is 20.1 Å². The molecule has 2 aromatic heterocycles. The summed E-state index contributed by atoms with van der Waals surface area (Å²) in [5.74, 6) is 1.69. The SMILES string of the molecule is CC(C)c1cccc(C(C)C)c1N1c2ccccc2[N-]C1c1[c-]cc2sc3ccccc3c2c1.C[Si](C)(C)c1cnc(-c2[c-]cccc2)cc1CC1CCCCC1.[Ir+3]. The van der Waals surface area contributed by atoms with Crippen LogP contribution in [0.4, 0.5) is 17.1 Å². The average molecular weight is 975 g/mol. The van der Waals surface area contributed by atoms with Gasteiger partial charge in [0.15, 0.2) is 0 Å². The van der Waals surface area contributed by atoms with E-state index in [0.717, 1.165) is 28.4 Å². The second kappa shape index (κ2) is 18.1. The summed E-state index contributed by atoms with van der Waals surface area (Å²) >= 11 is 1.83. The Hall–Kier alpha value is -4.06. The van der Waals surface area contributed by atoms with Crippen molar-refractivity contribution in [1.29, 1.82) is 0 Å². The van der Waals surface area contributed by atoms with E-state index in [1.54, 1.807) is 10.8 Å². The number of nitrogens with zero attached hydrogens (tertiary/aromatic N) is 3. The summed E-state index contributed by atoms with van der Waals surface area (Å²) in [5, 5.41) is 9.40. The van der Waals surface area contributed by atoms with Gasteiger partial charge in [-0.05, 0) is 69.9 Å². The topological polar surface area (TPSA) is 30.2 Å². The summed E-state index contributed by atoms with van der Waals surface area (Å²) in [7, 11) is -1.36. The maximum atomic E-state index is 5.25. The van der Waals surface area contributed by atoms with Crippen molar-refractivity contribution in [2.24, 2.45) is 5.92 Å². The van der Waals surface area contributed by atoms with E-state index in [2.05, 4.69) is 168 Å².